The maximum absolute atomic E-state index is 15.1. The lowest BCUT2D eigenvalue weighted by molar-refractivity contribution is -0.135. The van der Waals surface area contributed by atoms with Gasteiger partial charge >= 0.3 is 7.82 Å². The molecule has 9 heterocycles. The van der Waals surface area contributed by atoms with Crippen molar-refractivity contribution < 1.29 is 32.5 Å². The maximum atomic E-state index is 15.1. The van der Waals surface area contributed by atoms with Crippen molar-refractivity contribution >= 4 is 61.2 Å². The topological polar surface area (TPSA) is 264 Å². The highest BCUT2D eigenvalue weighted by Crippen LogP contribution is 2.52. The SMILES string of the molecule is C=Cc1cc(-c2cc(C#N)c(N3CCN(C(=O)CCOP(=O)(OCCC(=O)N4CCN(c5nc(C6CC6)c(-c6ccnc(C=C)c6)cc5C#N)C[C@H]4C4CC4)OCCC(=O)N4CCN(c5nc(C6CC6)c(-c6ccnc(C=C)c6)cc5C#N)C[C@H]4C4CC4)[C@H](C4CC4)C3)nc2C2CC2)ccn1. The average Bonchev–Trinajstić information content (AvgIpc) is 1.69. The van der Waals surface area contributed by atoms with Crippen LogP contribution >= 0.6 is 7.82 Å². The van der Waals surface area contributed by atoms with Gasteiger partial charge < -0.3 is 29.4 Å². The zero-order valence-electron chi connectivity index (χ0n) is 57.1. The molecule has 6 aromatic rings. The summed E-state index contributed by atoms with van der Waals surface area (Å²) in [5, 5.41) is 31.9. The minimum Gasteiger partial charge on any atom is -0.352 e. The summed E-state index contributed by atoms with van der Waals surface area (Å²) in [5.41, 5.74) is 12.1. The summed E-state index contributed by atoms with van der Waals surface area (Å²) >= 11 is 0. The number of amides is 3. The van der Waals surface area contributed by atoms with Crippen LogP contribution in [0.2, 0.25) is 0 Å². The molecule has 3 saturated heterocycles. The normalized spacial score (nSPS) is 20.8. The molecule has 0 unspecified atom stereocenters. The number of pyridine rings is 6. The lowest BCUT2D eigenvalue weighted by atomic mass is 9.98. The molecule has 3 aliphatic heterocycles. The van der Waals surface area contributed by atoms with Crippen molar-refractivity contribution in [3.05, 3.63) is 144 Å². The third kappa shape index (κ3) is 14.9. The Morgan fingerprint density at radius 3 is 0.980 bits per heavy atom. The van der Waals surface area contributed by atoms with E-state index in [2.05, 4.69) is 67.6 Å². The van der Waals surface area contributed by atoms with Crippen LogP contribution < -0.4 is 14.7 Å². The molecular formula is C78H84N15O7P. The minimum atomic E-state index is -4.55. The Balaban J connectivity index is 0.624. The van der Waals surface area contributed by atoms with Crippen LogP contribution in [0.1, 0.15) is 165 Å². The van der Waals surface area contributed by atoms with Gasteiger partial charge in [0.05, 0.1) is 108 Å². The van der Waals surface area contributed by atoms with Crippen molar-refractivity contribution in [3.63, 3.8) is 0 Å². The summed E-state index contributed by atoms with van der Waals surface area (Å²) in [4.78, 5) is 84.7. The van der Waals surface area contributed by atoms with Crippen LogP contribution in [0.3, 0.4) is 0 Å². The minimum absolute atomic E-state index is 0.139. The van der Waals surface area contributed by atoms with Gasteiger partial charge in [0.15, 0.2) is 0 Å². The number of phosphoric acid groups is 1. The number of nitrogens with zero attached hydrogens (tertiary/aromatic N) is 15. The molecule has 9 fully saturated rings. The number of piperazine rings is 3. The number of carbonyl (C=O) groups excluding carboxylic acids is 3. The van der Waals surface area contributed by atoms with Crippen molar-refractivity contribution in [2.24, 2.45) is 17.8 Å². The lowest BCUT2D eigenvalue weighted by Crippen LogP contribution is -2.56. The second-order valence-electron chi connectivity index (χ2n) is 28.6. The molecule has 6 saturated carbocycles. The largest absolute Gasteiger partial charge is 0.474 e. The Bertz CT molecular complexity index is 4000. The molecule has 9 aliphatic rings. The quantitative estimate of drug-likeness (QED) is 0.0434. The third-order valence-corrected chi connectivity index (χ3v) is 23.1. The highest BCUT2D eigenvalue weighted by atomic mass is 31.2. The first-order chi connectivity index (χ1) is 49.3. The maximum Gasteiger partial charge on any atom is 0.474 e. The number of phosphoric ester groups is 1. The number of hydrogen-bond donors (Lipinski definition) is 0. The molecule has 0 aromatic carbocycles. The van der Waals surface area contributed by atoms with Gasteiger partial charge in [-0.15, -0.1) is 0 Å². The van der Waals surface area contributed by atoms with Gasteiger partial charge in [0.1, 0.15) is 35.7 Å². The first-order valence-electron chi connectivity index (χ1n) is 36.1. The van der Waals surface area contributed by atoms with Gasteiger partial charge in [-0.2, -0.15) is 15.8 Å². The molecule has 3 atom stereocenters. The van der Waals surface area contributed by atoms with E-state index in [9.17, 15) is 30.2 Å². The monoisotopic (exact) mass is 1370 g/mol. The number of nitriles is 3. The number of aromatic nitrogens is 6. The van der Waals surface area contributed by atoms with Crippen molar-refractivity contribution in [1.29, 1.82) is 15.8 Å². The van der Waals surface area contributed by atoms with Gasteiger partial charge in [0, 0.05) is 112 Å². The molecule has 15 rings (SSSR count). The number of rotatable bonds is 27. The molecule has 0 radical (unpaired) electrons. The second kappa shape index (κ2) is 28.9. The zero-order chi connectivity index (χ0) is 69.5. The lowest BCUT2D eigenvalue weighted by Gasteiger charge is -2.43. The van der Waals surface area contributed by atoms with E-state index in [1.807, 2.05) is 69.3 Å². The average molecular weight is 1370 g/mol. The molecule has 6 aliphatic carbocycles. The summed E-state index contributed by atoms with van der Waals surface area (Å²) in [6.45, 7) is 14.7. The molecule has 3 amide bonds. The third-order valence-electron chi connectivity index (χ3n) is 21.6. The van der Waals surface area contributed by atoms with E-state index in [0.717, 1.165) is 145 Å². The molecule has 0 N–H and O–H groups in total. The summed E-state index contributed by atoms with van der Waals surface area (Å²) in [5.74, 6) is 2.94. The highest BCUT2D eigenvalue weighted by molar-refractivity contribution is 7.48. The molecule has 518 valence electrons. The van der Waals surface area contributed by atoms with Gasteiger partial charge in [0.25, 0.3) is 0 Å². The van der Waals surface area contributed by atoms with Gasteiger partial charge in [-0.1, -0.05) is 19.7 Å². The molecule has 6 aromatic heterocycles. The molecule has 101 heavy (non-hydrogen) atoms. The Labute approximate surface area is 590 Å². The van der Waals surface area contributed by atoms with E-state index in [1.165, 1.54) is 0 Å². The Hall–Kier alpha value is -9.49. The fourth-order valence-corrected chi connectivity index (χ4v) is 16.4. The molecular weight excluding hydrogens is 1290 g/mol. The van der Waals surface area contributed by atoms with E-state index in [1.54, 1.807) is 36.8 Å². The Morgan fingerprint density at radius 2 is 0.733 bits per heavy atom. The Kier molecular flexibility index (Phi) is 19.2. The molecule has 22 nitrogen and oxygen atoms in total. The predicted octanol–water partition coefficient (Wildman–Crippen LogP) is 12.2. The van der Waals surface area contributed by atoms with Crippen LogP contribution in [0.5, 0.6) is 0 Å². The number of carbonyl (C=O) groups is 3. The van der Waals surface area contributed by atoms with Crippen molar-refractivity contribution in [1.82, 2.24) is 44.6 Å². The van der Waals surface area contributed by atoms with E-state index in [0.29, 0.717) is 93.0 Å². The first kappa shape index (κ1) is 67.3. The van der Waals surface area contributed by atoms with E-state index < -0.39 is 7.82 Å². The van der Waals surface area contributed by atoms with Crippen LogP contribution in [0.15, 0.2) is 92.9 Å². The van der Waals surface area contributed by atoms with Gasteiger partial charge in [-0.25, -0.2) is 19.5 Å². The summed E-state index contributed by atoms with van der Waals surface area (Å²) in [7, 11) is -4.55. The smallest absolute Gasteiger partial charge is 0.352 e. The van der Waals surface area contributed by atoms with Crippen LogP contribution in [0.4, 0.5) is 17.5 Å². The van der Waals surface area contributed by atoms with Crippen LogP contribution in [-0.4, -0.2) is 159 Å². The van der Waals surface area contributed by atoms with Crippen LogP contribution in [-0.2, 0) is 32.5 Å². The summed E-state index contributed by atoms with van der Waals surface area (Å²) in [6, 6.07) is 24.4. The number of hydrogen-bond acceptors (Lipinski definition) is 19. The van der Waals surface area contributed by atoms with Gasteiger partial charge in [-0.3, -0.25) is 42.9 Å². The van der Waals surface area contributed by atoms with Crippen molar-refractivity contribution in [2.75, 3.05) is 93.4 Å². The number of anilines is 3. The van der Waals surface area contributed by atoms with Crippen molar-refractivity contribution in [2.45, 2.75) is 132 Å². The zero-order valence-corrected chi connectivity index (χ0v) is 58.0. The van der Waals surface area contributed by atoms with Gasteiger partial charge in [0.2, 0.25) is 17.7 Å². The summed E-state index contributed by atoms with van der Waals surface area (Å²) < 4.78 is 33.4. The van der Waals surface area contributed by atoms with Crippen LogP contribution in [0, 0.1) is 51.7 Å². The van der Waals surface area contributed by atoms with Gasteiger partial charge in [-0.05, 0) is 184 Å². The fraction of sp³-hybridized carbons (Fsp3) is 0.462. The molecule has 23 heteroatoms. The Morgan fingerprint density at radius 1 is 0.446 bits per heavy atom. The van der Waals surface area contributed by atoms with E-state index in [-0.39, 0.29) is 110 Å². The summed E-state index contributed by atoms with van der Waals surface area (Å²) in [6.07, 6.45) is 21.8. The fourth-order valence-electron chi connectivity index (χ4n) is 15.3. The van der Waals surface area contributed by atoms with E-state index >= 15 is 4.57 Å². The molecule has 0 spiro atoms. The second-order valence-corrected chi connectivity index (χ2v) is 30.2. The predicted molar refractivity (Wildman–Crippen MR) is 383 cm³/mol. The van der Waals surface area contributed by atoms with Crippen LogP contribution in [0.25, 0.3) is 51.6 Å². The van der Waals surface area contributed by atoms with Crippen molar-refractivity contribution in [3.8, 4) is 51.6 Å². The first-order valence-corrected chi connectivity index (χ1v) is 37.6. The van der Waals surface area contributed by atoms with E-state index in [4.69, 9.17) is 28.5 Å². The standard InChI is InChI=1S/C78H84N15O7P/c1-4-61-37-55(19-25-82-61)64-40-58(43-79)76(85-73(64)52-13-14-52)88-28-31-91(67(46-88)49-7-8-49)70(94)22-34-98-101(97,99-35-23-71(95)92-32-29-89(47-68(92)50-9-10-50)77-59(44-80)41-65(74(86-77)53-15-16-53)56-20-26-83-62(5-2)38-56)100-36-24-72(96)93-33-30-90(48-69(93)51-11-12-51)78-60(45-81)42-66(75(87-78)54-17-18-54)57-21-27-84-63(6-3)39-57/h4-6,19-21,25-27,37-42,49-54,67-69H,1-3,7-18,22-24,28-36,46-48H2/t67-,68-,69-/m0/s1. The highest BCUT2D eigenvalue weighted by Gasteiger charge is 2.46. The molecule has 0 bridgehead atoms.